The van der Waals surface area contributed by atoms with Crippen LogP contribution in [0.2, 0.25) is 0 Å². The van der Waals surface area contributed by atoms with Gasteiger partial charge in [0.2, 0.25) is 0 Å². The topological polar surface area (TPSA) is 15.8 Å². The molecule has 17 heavy (non-hydrogen) atoms. The van der Waals surface area contributed by atoms with E-state index < -0.39 is 11.9 Å². The number of aromatic nitrogens is 1. The summed E-state index contributed by atoms with van der Waals surface area (Å²) in [5, 5.41) is 0. The lowest BCUT2D eigenvalue weighted by atomic mass is 10.0. The van der Waals surface area contributed by atoms with Gasteiger partial charge in [0.05, 0.1) is 0 Å². The van der Waals surface area contributed by atoms with E-state index in [2.05, 4.69) is 4.98 Å². The lowest BCUT2D eigenvalue weighted by molar-refractivity contribution is -0.140. The van der Waals surface area contributed by atoms with Crippen molar-refractivity contribution in [3.05, 3.63) is 52.8 Å². The molecule has 0 aliphatic carbocycles. The zero-order chi connectivity index (χ0) is 12.5. The molecule has 1 aromatic heterocycles. The van der Waals surface area contributed by atoms with Crippen molar-refractivity contribution in [2.75, 3.05) is 0 Å². The maximum absolute atomic E-state index is 12.8. The number of halogens is 3. The largest absolute Gasteiger partial charge is 0.431 e. The number of hydrogen-bond acceptors (Lipinski definition) is 1. The van der Waals surface area contributed by atoms with Crippen LogP contribution in [0.1, 0.15) is 5.69 Å². The Morgan fingerprint density at radius 1 is 1.00 bits per heavy atom. The quantitative estimate of drug-likeness (QED) is 0.745. The van der Waals surface area contributed by atoms with Gasteiger partial charge in [-0.15, -0.1) is 0 Å². The van der Waals surface area contributed by atoms with Crippen LogP contribution < -0.4 is 0 Å². The highest BCUT2D eigenvalue weighted by atomic mass is 32.1. The van der Waals surface area contributed by atoms with E-state index in [1.54, 1.807) is 30.3 Å². The van der Waals surface area contributed by atoms with Gasteiger partial charge < -0.3 is 4.98 Å². The summed E-state index contributed by atoms with van der Waals surface area (Å²) in [5.41, 5.74) is -0.325. The molecule has 2 rings (SSSR count). The van der Waals surface area contributed by atoms with Crippen molar-refractivity contribution in [2.24, 2.45) is 0 Å². The van der Waals surface area contributed by atoms with Crippen molar-refractivity contribution in [1.29, 1.82) is 0 Å². The van der Waals surface area contributed by atoms with Gasteiger partial charge >= 0.3 is 6.18 Å². The molecule has 0 radical (unpaired) electrons. The minimum atomic E-state index is -4.44. The van der Waals surface area contributed by atoms with E-state index in [1.165, 1.54) is 12.3 Å². The molecular weight excluding hydrogens is 247 g/mol. The average molecular weight is 255 g/mol. The van der Waals surface area contributed by atoms with Crippen molar-refractivity contribution >= 4 is 12.2 Å². The molecule has 0 atom stereocenters. The Hall–Kier alpha value is -1.62. The Kier molecular flexibility index (Phi) is 3.02. The Morgan fingerprint density at radius 2 is 1.65 bits per heavy atom. The van der Waals surface area contributed by atoms with Crippen LogP contribution in [-0.2, 0) is 6.18 Å². The van der Waals surface area contributed by atoms with Gasteiger partial charge in [-0.25, -0.2) is 0 Å². The fraction of sp³-hybridized carbons (Fsp3) is 0.0833. The van der Waals surface area contributed by atoms with Crippen LogP contribution in [-0.4, -0.2) is 4.98 Å². The van der Waals surface area contributed by atoms with Gasteiger partial charge in [0.15, 0.2) is 0 Å². The highest BCUT2D eigenvalue weighted by Gasteiger charge is 2.35. The van der Waals surface area contributed by atoms with Crippen LogP contribution >= 0.6 is 12.2 Å². The van der Waals surface area contributed by atoms with Gasteiger partial charge in [-0.1, -0.05) is 42.5 Å². The first-order valence-corrected chi connectivity index (χ1v) is 5.25. The fourth-order valence-electron chi connectivity index (χ4n) is 1.59. The summed E-state index contributed by atoms with van der Waals surface area (Å²) in [4.78, 5) is 2.22. The third kappa shape index (κ3) is 2.39. The standard InChI is InChI=1S/C12H8F3NS/c13-12(14,15)11-10(9(17)6-7-16-11)8-4-2-1-3-5-8/h1-7H,(H,16,17). The fourth-order valence-corrected chi connectivity index (χ4v) is 1.88. The van der Waals surface area contributed by atoms with Gasteiger partial charge in [-0.05, 0) is 11.6 Å². The summed E-state index contributed by atoms with van der Waals surface area (Å²) in [5.74, 6) is 0. The van der Waals surface area contributed by atoms with E-state index in [9.17, 15) is 13.2 Å². The highest BCUT2D eigenvalue weighted by molar-refractivity contribution is 7.71. The van der Waals surface area contributed by atoms with Crippen LogP contribution in [0.4, 0.5) is 13.2 Å². The summed E-state index contributed by atoms with van der Waals surface area (Å²) in [6.07, 6.45) is -3.24. The lowest BCUT2D eigenvalue weighted by Gasteiger charge is -2.12. The predicted molar refractivity (Wildman–Crippen MR) is 62.1 cm³/mol. The van der Waals surface area contributed by atoms with Crippen LogP contribution in [0.3, 0.4) is 0 Å². The smallest absolute Gasteiger partial charge is 0.357 e. The normalized spacial score (nSPS) is 11.5. The van der Waals surface area contributed by atoms with Crippen molar-refractivity contribution < 1.29 is 13.2 Å². The van der Waals surface area contributed by atoms with Crippen LogP contribution in [0, 0.1) is 4.51 Å². The van der Waals surface area contributed by atoms with Gasteiger partial charge in [-0.3, -0.25) is 0 Å². The van der Waals surface area contributed by atoms with Crippen LogP contribution in [0.25, 0.3) is 11.1 Å². The van der Waals surface area contributed by atoms with Crippen LogP contribution in [0.15, 0.2) is 42.6 Å². The van der Waals surface area contributed by atoms with Crippen molar-refractivity contribution in [3.63, 3.8) is 0 Å². The van der Waals surface area contributed by atoms with Crippen molar-refractivity contribution in [1.82, 2.24) is 4.98 Å². The number of hydrogen-bond donors (Lipinski definition) is 1. The zero-order valence-electron chi connectivity index (χ0n) is 8.58. The molecule has 0 aliphatic heterocycles. The summed E-state index contributed by atoms with van der Waals surface area (Å²) < 4.78 is 38.7. The molecule has 0 amide bonds. The number of H-pyrrole nitrogens is 1. The van der Waals surface area contributed by atoms with Gasteiger partial charge in [0.25, 0.3) is 0 Å². The Labute approximate surface area is 101 Å². The maximum atomic E-state index is 12.8. The Bertz CT molecular complexity index is 572. The molecule has 1 nitrogen and oxygen atoms in total. The summed E-state index contributed by atoms with van der Waals surface area (Å²) in [6.45, 7) is 0. The number of pyridine rings is 1. The molecule has 0 saturated heterocycles. The Balaban J connectivity index is 2.73. The zero-order valence-corrected chi connectivity index (χ0v) is 9.40. The second-order valence-electron chi connectivity index (χ2n) is 3.46. The number of alkyl halides is 3. The molecule has 0 saturated carbocycles. The van der Waals surface area contributed by atoms with Gasteiger partial charge in [0, 0.05) is 16.3 Å². The summed E-state index contributed by atoms with van der Waals surface area (Å²) in [6, 6.07) is 9.76. The first-order chi connectivity index (χ1) is 8.00. The molecule has 0 spiro atoms. The first-order valence-electron chi connectivity index (χ1n) is 4.84. The molecule has 1 heterocycles. The molecule has 2 aromatic rings. The second-order valence-corrected chi connectivity index (χ2v) is 3.90. The number of rotatable bonds is 1. The predicted octanol–water partition coefficient (Wildman–Crippen LogP) is 4.43. The van der Waals surface area contributed by atoms with E-state index in [0.29, 0.717) is 5.56 Å². The third-order valence-corrected chi connectivity index (χ3v) is 2.64. The molecule has 0 aliphatic rings. The number of aromatic amines is 1. The Morgan fingerprint density at radius 3 is 2.24 bits per heavy atom. The maximum Gasteiger partial charge on any atom is 0.431 e. The molecule has 0 unspecified atom stereocenters. The van der Waals surface area contributed by atoms with E-state index >= 15 is 0 Å². The molecular formula is C12H8F3NS. The van der Waals surface area contributed by atoms with E-state index in [0.717, 1.165) is 0 Å². The van der Waals surface area contributed by atoms with E-state index in [-0.39, 0.29) is 10.1 Å². The molecule has 1 N–H and O–H groups in total. The molecule has 0 bridgehead atoms. The van der Waals surface area contributed by atoms with Gasteiger partial charge in [0.1, 0.15) is 5.69 Å². The summed E-state index contributed by atoms with van der Waals surface area (Å²) >= 11 is 4.97. The van der Waals surface area contributed by atoms with Crippen molar-refractivity contribution in [2.45, 2.75) is 6.18 Å². The monoisotopic (exact) mass is 255 g/mol. The number of nitrogens with one attached hydrogen (secondary N) is 1. The number of benzene rings is 1. The molecule has 5 heteroatoms. The van der Waals surface area contributed by atoms with Crippen LogP contribution in [0.5, 0.6) is 0 Å². The second kappa shape index (κ2) is 4.33. The molecule has 88 valence electrons. The van der Waals surface area contributed by atoms with E-state index in [4.69, 9.17) is 12.2 Å². The van der Waals surface area contributed by atoms with Crippen molar-refractivity contribution in [3.8, 4) is 11.1 Å². The molecule has 0 fully saturated rings. The average Bonchev–Trinajstić information content (AvgIpc) is 2.28. The van der Waals surface area contributed by atoms with Gasteiger partial charge in [-0.2, -0.15) is 13.2 Å². The summed E-state index contributed by atoms with van der Waals surface area (Å²) in [7, 11) is 0. The SMILES string of the molecule is FC(F)(F)c1[nH]ccc(=S)c1-c1ccccc1. The molecule has 1 aromatic carbocycles. The minimum Gasteiger partial charge on any atom is -0.357 e. The minimum absolute atomic E-state index is 0.0237. The lowest BCUT2D eigenvalue weighted by Crippen LogP contribution is -2.10. The van der Waals surface area contributed by atoms with E-state index in [1.807, 2.05) is 0 Å². The third-order valence-electron chi connectivity index (χ3n) is 2.30. The first kappa shape index (κ1) is 11.9. The highest BCUT2D eigenvalue weighted by Crippen LogP contribution is 2.35.